The summed E-state index contributed by atoms with van der Waals surface area (Å²) in [7, 11) is -1.20. The van der Waals surface area contributed by atoms with E-state index >= 15 is 0 Å². The first-order chi connectivity index (χ1) is 8.66. The first kappa shape index (κ1) is 13.5. The molecule has 0 aliphatic carbocycles. The van der Waals surface area contributed by atoms with Crippen LogP contribution in [0.4, 0.5) is 10.1 Å². The molecule has 1 aromatic rings. The van der Waals surface area contributed by atoms with Gasteiger partial charge in [-0.05, 0) is 57.1 Å². The summed E-state index contributed by atoms with van der Waals surface area (Å²) in [6, 6.07) is 4.05. The fourth-order valence-electron chi connectivity index (χ4n) is 2.24. The van der Waals surface area contributed by atoms with Crippen molar-refractivity contribution in [1.82, 2.24) is 4.90 Å². The van der Waals surface area contributed by atoms with Gasteiger partial charge < -0.3 is 10.6 Å². The smallest absolute Gasteiger partial charge is 0.124 e. The second-order valence-corrected chi connectivity index (χ2v) is 6.17. The Morgan fingerprint density at radius 2 is 2.06 bits per heavy atom. The molecule has 1 fully saturated rings. The number of benzene rings is 1. The average Bonchev–Trinajstić information content (AvgIpc) is 2.85. The summed E-state index contributed by atoms with van der Waals surface area (Å²) in [5, 5.41) is 0. The minimum Gasteiger partial charge on any atom is -0.398 e. The number of rotatable bonds is 5. The van der Waals surface area contributed by atoms with E-state index in [0.717, 1.165) is 26.1 Å². The van der Waals surface area contributed by atoms with Crippen molar-refractivity contribution < 1.29 is 8.60 Å². The van der Waals surface area contributed by atoms with Gasteiger partial charge in [-0.25, -0.2) is 4.39 Å². The van der Waals surface area contributed by atoms with Gasteiger partial charge in [-0.1, -0.05) is 0 Å². The lowest BCUT2D eigenvalue weighted by Crippen LogP contribution is -2.21. The molecule has 0 spiro atoms. The van der Waals surface area contributed by atoms with Crippen molar-refractivity contribution in [2.75, 3.05) is 31.1 Å². The van der Waals surface area contributed by atoms with Gasteiger partial charge in [-0.3, -0.25) is 4.21 Å². The van der Waals surface area contributed by atoms with E-state index in [1.54, 1.807) is 0 Å². The van der Waals surface area contributed by atoms with E-state index in [9.17, 15) is 8.60 Å². The number of nitrogen functional groups attached to an aromatic ring is 1. The van der Waals surface area contributed by atoms with Crippen LogP contribution in [0.1, 0.15) is 19.3 Å². The van der Waals surface area contributed by atoms with Gasteiger partial charge in [0.1, 0.15) is 5.82 Å². The SMILES string of the molecule is Nc1ccc(F)cc1S(=O)CCCN1CCCC1. The molecule has 1 aliphatic rings. The Hall–Kier alpha value is -0.940. The molecule has 5 heteroatoms. The van der Waals surface area contributed by atoms with Crippen LogP contribution in [0.25, 0.3) is 0 Å². The number of nitrogens with two attached hydrogens (primary N) is 1. The Morgan fingerprint density at radius 1 is 1.33 bits per heavy atom. The Balaban J connectivity index is 1.85. The summed E-state index contributed by atoms with van der Waals surface area (Å²) < 4.78 is 25.1. The van der Waals surface area contributed by atoms with Gasteiger partial charge in [-0.15, -0.1) is 0 Å². The second kappa shape index (κ2) is 6.29. The highest BCUT2D eigenvalue weighted by molar-refractivity contribution is 7.85. The number of hydrogen-bond donors (Lipinski definition) is 1. The van der Waals surface area contributed by atoms with Gasteiger partial charge >= 0.3 is 0 Å². The molecule has 1 heterocycles. The van der Waals surface area contributed by atoms with E-state index in [2.05, 4.69) is 4.90 Å². The standard InChI is InChI=1S/C13H19FN2OS/c14-11-4-5-12(15)13(10-11)18(17)9-3-8-16-6-1-2-7-16/h4-5,10H,1-3,6-9,15H2. The highest BCUT2D eigenvalue weighted by Crippen LogP contribution is 2.18. The summed E-state index contributed by atoms with van der Waals surface area (Å²) in [6.07, 6.45) is 3.39. The Bertz CT molecular complexity index is 433. The molecule has 100 valence electrons. The van der Waals surface area contributed by atoms with Crippen LogP contribution >= 0.6 is 0 Å². The van der Waals surface area contributed by atoms with Gasteiger partial charge in [0.25, 0.3) is 0 Å². The molecule has 1 aliphatic heterocycles. The summed E-state index contributed by atoms with van der Waals surface area (Å²) >= 11 is 0. The van der Waals surface area contributed by atoms with Gasteiger partial charge in [0, 0.05) is 11.4 Å². The third-order valence-electron chi connectivity index (χ3n) is 3.22. The predicted octanol–water partition coefficient (Wildman–Crippen LogP) is 2.00. The Kier molecular flexibility index (Phi) is 4.72. The monoisotopic (exact) mass is 270 g/mol. The van der Waals surface area contributed by atoms with Crippen molar-refractivity contribution >= 4 is 16.5 Å². The first-order valence-electron chi connectivity index (χ1n) is 6.32. The van der Waals surface area contributed by atoms with Crippen molar-refractivity contribution in [1.29, 1.82) is 0 Å². The highest BCUT2D eigenvalue weighted by atomic mass is 32.2. The molecule has 0 aromatic heterocycles. The maximum atomic E-state index is 13.1. The second-order valence-electron chi connectivity index (χ2n) is 4.63. The van der Waals surface area contributed by atoms with Crippen LogP contribution in [0.3, 0.4) is 0 Å². The molecule has 0 amide bonds. The molecule has 2 N–H and O–H groups in total. The zero-order valence-corrected chi connectivity index (χ0v) is 11.2. The van der Waals surface area contributed by atoms with E-state index in [1.165, 1.54) is 31.0 Å². The number of nitrogens with zero attached hydrogens (tertiary/aromatic N) is 1. The molecule has 0 radical (unpaired) electrons. The maximum Gasteiger partial charge on any atom is 0.124 e. The summed E-state index contributed by atoms with van der Waals surface area (Å²) in [5.74, 6) is 0.163. The third-order valence-corrected chi connectivity index (χ3v) is 4.73. The quantitative estimate of drug-likeness (QED) is 0.832. The van der Waals surface area contributed by atoms with Crippen LogP contribution in [-0.2, 0) is 10.8 Å². The molecule has 0 saturated carbocycles. The van der Waals surface area contributed by atoms with E-state index < -0.39 is 10.8 Å². The normalized spacial score (nSPS) is 18.1. The van der Waals surface area contributed by atoms with Crippen molar-refractivity contribution in [2.24, 2.45) is 0 Å². The molecule has 0 bridgehead atoms. The molecule has 1 aromatic carbocycles. The van der Waals surface area contributed by atoms with Gasteiger partial charge in [0.05, 0.1) is 15.7 Å². The number of halogens is 1. The zero-order chi connectivity index (χ0) is 13.0. The summed E-state index contributed by atoms with van der Waals surface area (Å²) in [6.45, 7) is 3.27. The minimum atomic E-state index is -1.20. The summed E-state index contributed by atoms with van der Waals surface area (Å²) in [4.78, 5) is 2.81. The molecule has 1 unspecified atom stereocenters. The van der Waals surface area contributed by atoms with Crippen LogP contribution in [0.15, 0.2) is 23.1 Å². The maximum absolute atomic E-state index is 13.1. The van der Waals surface area contributed by atoms with Crippen molar-refractivity contribution in [2.45, 2.75) is 24.2 Å². The van der Waals surface area contributed by atoms with Crippen molar-refractivity contribution in [3.05, 3.63) is 24.0 Å². The highest BCUT2D eigenvalue weighted by Gasteiger charge is 2.13. The molecule has 1 atom stereocenters. The van der Waals surface area contributed by atoms with Crippen LogP contribution in [0, 0.1) is 5.82 Å². The van der Waals surface area contributed by atoms with Gasteiger partial charge in [0.15, 0.2) is 0 Å². The van der Waals surface area contributed by atoms with Crippen LogP contribution in [-0.4, -0.2) is 34.5 Å². The van der Waals surface area contributed by atoms with Crippen LogP contribution in [0.2, 0.25) is 0 Å². The molecular weight excluding hydrogens is 251 g/mol. The lowest BCUT2D eigenvalue weighted by atomic mass is 10.3. The molecule has 2 rings (SSSR count). The fraction of sp³-hybridized carbons (Fsp3) is 0.538. The topological polar surface area (TPSA) is 46.3 Å². The van der Waals surface area contributed by atoms with Crippen molar-refractivity contribution in [3.63, 3.8) is 0 Å². The Morgan fingerprint density at radius 3 is 2.78 bits per heavy atom. The predicted molar refractivity (Wildman–Crippen MR) is 72.4 cm³/mol. The third kappa shape index (κ3) is 3.53. The molecule has 1 saturated heterocycles. The molecule has 18 heavy (non-hydrogen) atoms. The van der Waals surface area contributed by atoms with Gasteiger partial charge in [0.2, 0.25) is 0 Å². The van der Waals surface area contributed by atoms with E-state index in [4.69, 9.17) is 5.73 Å². The number of anilines is 1. The molecular formula is C13H19FN2OS. The lowest BCUT2D eigenvalue weighted by Gasteiger charge is -2.14. The largest absolute Gasteiger partial charge is 0.398 e. The summed E-state index contributed by atoms with van der Waals surface area (Å²) in [5.41, 5.74) is 6.13. The first-order valence-corrected chi connectivity index (χ1v) is 7.64. The van der Waals surface area contributed by atoms with Crippen LogP contribution < -0.4 is 5.73 Å². The Labute approximate surface area is 110 Å². The minimum absolute atomic E-state index is 0.382. The van der Waals surface area contributed by atoms with E-state index in [-0.39, 0.29) is 5.82 Å². The number of hydrogen-bond acceptors (Lipinski definition) is 3. The van der Waals surface area contributed by atoms with Crippen LogP contribution in [0.5, 0.6) is 0 Å². The lowest BCUT2D eigenvalue weighted by molar-refractivity contribution is 0.340. The van der Waals surface area contributed by atoms with Gasteiger partial charge in [-0.2, -0.15) is 0 Å². The fourth-order valence-corrected chi connectivity index (χ4v) is 3.43. The van der Waals surface area contributed by atoms with E-state index in [0.29, 0.717) is 16.3 Å². The van der Waals surface area contributed by atoms with Crippen molar-refractivity contribution in [3.8, 4) is 0 Å². The zero-order valence-electron chi connectivity index (χ0n) is 10.4. The average molecular weight is 270 g/mol. The molecule has 3 nitrogen and oxygen atoms in total. The number of likely N-dealkylation sites (tertiary alicyclic amines) is 1. The van der Waals surface area contributed by atoms with E-state index in [1.807, 2.05) is 0 Å².